The molecule has 0 unspecified atom stereocenters. The van der Waals surface area contributed by atoms with Crippen LogP contribution in [0.25, 0.3) is 5.57 Å². The summed E-state index contributed by atoms with van der Waals surface area (Å²) in [5.41, 5.74) is 5.24. The lowest BCUT2D eigenvalue weighted by atomic mass is 9.92. The molecule has 5 heteroatoms. The molecule has 0 fully saturated rings. The van der Waals surface area contributed by atoms with Crippen LogP contribution in [-0.4, -0.2) is 22.2 Å². The van der Waals surface area contributed by atoms with Gasteiger partial charge in [-0.2, -0.15) is 5.10 Å². The molecule has 0 atom stereocenters. The van der Waals surface area contributed by atoms with Gasteiger partial charge in [-0.05, 0) is 69.4 Å². The lowest BCUT2D eigenvalue weighted by Gasteiger charge is -2.15. The number of benzene rings is 1. The number of allylic oxidation sites excluding steroid dienone is 2. The van der Waals surface area contributed by atoms with Gasteiger partial charge in [0.15, 0.2) is 5.78 Å². The minimum Gasteiger partial charge on any atom is -0.477 e. The van der Waals surface area contributed by atoms with Gasteiger partial charge in [0.2, 0.25) is 5.88 Å². The van der Waals surface area contributed by atoms with E-state index in [0.717, 1.165) is 42.5 Å². The number of nitrogens with zero attached hydrogens (tertiary/aromatic N) is 2. The highest BCUT2D eigenvalue weighted by atomic mass is 35.5. The molecule has 2 rings (SSSR count). The largest absolute Gasteiger partial charge is 0.477 e. The number of ketones is 1. The van der Waals surface area contributed by atoms with Crippen molar-refractivity contribution in [2.24, 2.45) is 0 Å². The van der Waals surface area contributed by atoms with Crippen molar-refractivity contribution in [1.29, 1.82) is 0 Å². The number of hydrogen-bond acceptors (Lipinski definition) is 3. The molecule has 0 radical (unpaired) electrons. The van der Waals surface area contributed by atoms with Crippen LogP contribution < -0.4 is 4.74 Å². The Morgan fingerprint density at radius 2 is 1.86 bits per heavy atom. The van der Waals surface area contributed by atoms with E-state index in [-0.39, 0.29) is 5.78 Å². The summed E-state index contributed by atoms with van der Waals surface area (Å²) in [6, 6.07) is 3.60. The third kappa shape index (κ3) is 4.67. The van der Waals surface area contributed by atoms with Crippen LogP contribution in [0, 0.1) is 6.92 Å². The quantitative estimate of drug-likeness (QED) is 0.356. The average molecular weight is 403 g/mol. The van der Waals surface area contributed by atoms with Crippen molar-refractivity contribution in [1.82, 2.24) is 9.78 Å². The Balaban J connectivity index is 2.52. The number of carbonyl (C=O) groups excluding carboxylic acids is 1. The predicted octanol–water partition coefficient (Wildman–Crippen LogP) is 6.48. The van der Waals surface area contributed by atoms with Crippen LogP contribution in [-0.2, 0) is 6.54 Å². The number of aromatic nitrogens is 2. The standard InChI is InChI=1S/C23H31ClN2O2/c1-7-9-13-28-23-19(14-25-26(23)12-8-2)22(27)18-10-11-20(24)21(17(18)6)16(5)15(3)4/h10-11,14H,7-9,12-13H2,1-6H3. The van der Waals surface area contributed by atoms with Gasteiger partial charge in [0.1, 0.15) is 5.56 Å². The number of halogens is 1. The Morgan fingerprint density at radius 1 is 1.14 bits per heavy atom. The summed E-state index contributed by atoms with van der Waals surface area (Å²) in [6.45, 7) is 13.6. The summed E-state index contributed by atoms with van der Waals surface area (Å²) in [6.07, 6.45) is 4.52. The van der Waals surface area contributed by atoms with Gasteiger partial charge < -0.3 is 4.74 Å². The fourth-order valence-electron chi connectivity index (χ4n) is 3.15. The van der Waals surface area contributed by atoms with Crippen molar-refractivity contribution in [2.45, 2.75) is 67.3 Å². The Kier molecular flexibility index (Phi) is 7.88. The molecule has 0 saturated carbocycles. The third-order valence-corrected chi connectivity index (χ3v) is 5.31. The zero-order chi connectivity index (χ0) is 20.8. The second-order valence-electron chi connectivity index (χ2n) is 7.34. The first-order chi connectivity index (χ1) is 13.3. The summed E-state index contributed by atoms with van der Waals surface area (Å²) in [4.78, 5) is 13.4. The molecular weight excluding hydrogens is 372 g/mol. The van der Waals surface area contributed by atoms with E-state index >= 15 is 0 Å². The first-order valence-corrected chi connectivity index (χ1v) is 10.4. The van der Waals surface area contributed by atoms with E-state index in [1.807, 2.05) is 27.7 Å². The van der Waals surface area contributed by atoms with E-state index in [2.05, 4.69) is 18.9 Å². The van der Waals surface area contributed by atoms with Crippen molar-refractivity contribution in [3.05, 3.63) is 51.2 Å². The SMILES string of the molecule is CCCCOc1c(C(=O)c2ccc(Cl)c(C(C)=C(C)C)c2C)cnn1CCC. The van der Waals surface area contributed by atoms with Gasteiger partial charge in [-0.15, -0.1) is 0 Å². The number of hydrogen-bond donors (Lipinski definition) is 0. The van der Waals surface area contributed by atoms with Gasteiger partial charge >= 0.3 is 0 Å². The average Bonchev–Trinajstić information content (AvgIpc) is 3.04. The number of aryl methyl sites for hydroxylation is 1. The zero-order valence-corrected chi connectivity index (χ0v) is 18.6. The number of unbranched alkanes of at least 4 members (excludes halogenated alkanes) is 1. The number of carbonyl (C=O) groups is 1. The van der Waals surface area contributed by atoms with Crippen molar-refractivity contribution in [2.75, 3.05) is 6.61 Å². The van der Waals surface area contributed by atoms with Crippen molar-refractivity contribution in [3.8, 4) is 5.88 Å². The van der Waals surface area contributed by atoms with Crippen LogP contribution >= 0.6 is 11.6 Å². The van der Waals surface area contributed by atoms with E-state index in [1.54, 1.807) is 23.0 Å². The fraction of sp³-hybridized carbons (Fsp3) is 0.478. The van der Waals surface area contributed by atoms with Gasteiger partial charge in [-0.25, -0.2) is 4.68 Å². The second-order valence-corrected chi connectivity index (χ2v) is 7.74. The molecule has 2 aromatic rings. The summed E-state index contributed by atoms with van der Waals surface area (Å²) < 4.78 is 7.76. The molecule has 28 heavy (non-hydrogen) atoms. The molecule has 0 aliphatic carbocycles. The highest BCUT2D eigenvalue weighted by molar-refractivity contribution is 6.32. The van der Waals surface area contributed by atoms with Crippen LogP contribution in [0.3, 0.4) is 0 Å². The van der Waals surface area contributed by atoms with E-state index in [1.165, 1.54) is 5.57 Å². The smallest absolute Gasteiger partial charge is 0.223 e. The maximum atomic E-state index is 13.4. The Hall–Kier alpha value is -2.07. The van der Waals surface area contributed by atoms with Crippen LogP contribution in [0.1, 0.15) is 80.9 Å². The minimum absolute atomic E-state index is 0.0779. The molecule has 152 valence electrons. The van der Waals surface area contributed by atoms with E-state index in [9.17, 15) is 4.79 Å². The summed E-state index contributed by atoms with van der Waals surface area (Å²) in [5, 5.41) is 5.06. The molecule has 0 saturated heterocycles. The predicted molar refractivity (Wildman–Crippen MR) is 116 cm³/mol. The van der Waals surface area contributed by atoms with Gasteiger partial charge in [-0.1, -0.05) is 37.4 Å². The van der Waals surface area contributed by atoms with Gasteiger partial charge in [0.25, 0.3) is 0 Å². The molecule has 0 amide bonds. The Morgan fingerprint density at radius 3 is 2.46 bits per heavy atom. The molecule has 0 aliphatic heterocycles. The van der Waals surface area contributed by atoms with Gasteiger partial charge in [-0.3, -0.25) is 4.79 Å². The van der Waals surface area contributed by atoms with Gasteiger partial charge in [0.05, 0.1) is 12.8 Å². The van der Waals surface area contributed by atoms with Crippen molar-refractivity contribution >= 4 is 23.0 Å². The molecule has 0 aliphatic rings. The van der Waals surface area contributed by atoms with E-state index in [4.69, 9.17) is 16.3 Å². The van der Waals surface area contributed by atoms with Crippen LogP contribution in [0.4, 0.5) is 0 Å². The van der Waals surface area contributed by atoms with Crippen LogP contribution in [0.2, 0.25) is 5.02 Å². The summed E-state index contributed by atoms with van der Waals surface area (Å²) >= 11 is 6.47. The highest BCUT2D eigenvalue weighted by Gasteiger charge is 2.23. The van der Waals surface area contributed by atoms with Crippen molar-refractivity contribution < 1.29 is 9.53 Å². The van der Waals surface area contributed by atoms with E-state index in [0.29, 0.717) is 28.6 Å². The first-order valence-electron chi connectivity index (χ1n) is 10.00. The Bertz CT molecular complexity index is 877. The number of rotatable bonds is 9. The zero-order valence-electron chi connectivity index (χ0n) is 17.9. The van der Waals surface area contributed by atoms with Crippen LogP contribution in [0.5, 0.6) is 5.88 Å². The van der Waals surface area contributed by atoms with Crippen molar-refractivity contribution in [3.63, 3.8) is 0 Å². The molecule has 0 spiro atoms. The monoisotopic (exact) mass is 402 g/mol. The molecule has 4 nitrogen and oxygen atoms in total. The molecular formula is C23H31ClN2O2. The van der Waals surface area contributed by atoms with E-state index < -0.39 is 0 Å². The maximum absolute atomic E-state index is 13.4. The third-order valence-electron chi connectivity index (χ3n) is 4.99. The molecule has 0 N–H and O–H groups in total. The molecule has 0 bridgehead atoms. The second kappa shape index (κ2) is 9.92. The minimum atomic E-state index is -0.0779. The topological polar surface area (TPSA) is 44.1 Å². The van der Waals surface area contributed by atoms with Gasteiger partial charge in [0, 0.05) is 17.1 Å². The summed E-state index contributed by atoms with van der Waals surface area (Å²) in [5.74, 6) is 0.487. The maximum Gasteiger partial charge on any atom is 0.223 e. The molecule has 1 aromatic carbocycles. The fourth-order valence-corrected chi connectivity index (χ4v) is 3.49. The molecule has 1 heterocycles. The normalized spacial score (nSPS) is 10.8. The lowest BCUT2D eigenvalue weighted by molar-refractivity contribution is 0.103. The summed E-state index contributed by atoms with van der Waals surface area (Å²) in [7, 11) is 0. The Labute approximate surface area is 173 Å². The first kappa shape index (κ1) is 22.2. The molecule has 1 aromatic heterocycles. The number of ether oxygens (including phenoxy) is 1. The van der Waals surface area contributed by atoms with Crippen LogP contribution in [0.15, 0.2) is 23.9 Å². The lowest BCUT2D eigenvalue weighted by Crippen LogP contribution is -2.11. The highest BCUT2D eigenvalue weighted by Crippen LogP contribution is 2.33.